The van der Waals surface area contributed by atoms with Gasteiger partial charge in [-0.15, -0.1) is 24.0 Å². The van der Waals surface area contributed by atoms with Crippen molar-refractivity contribution in [2.45, 2.75) is 46.1 Å². The zero-order valence-electron chi connectivity index (χ0n) is 16.1. The molecule has 0 saturated carbocycles. The Hall–Kier alpha value is -1.32. The Labute approximate surface area is 173 Å². The number of carbonyl (C=O) groups excluding carboxylic acids is 1. The van der Waals surface area contributed by atoms with E-state index in [2.05, 4.69) is 24.8 Å². The van der Waals surface area contributed by atoms with Crippen LogP contribution < -0.4 is 5.32 Å². The van der Waals surface area contributed by atoms with Gasteiger partial charge in [0.05, 0.1) is 12.5 Å². The van der Waals surface area contributed by atoms with Gasteiger partial charge < -0.3 is 19.5 Å². The van der Waals surface area contributed by atoms with Crippen molar-refractivity contribution in [2.24, 2.45) is 10.9 Å². The first-order valence-electron chi connectivity index (χ1n) is 9.25. The molecule has 0 bridgehead atoms. The maximum Gasteiger partial charge on any atom is 0.310 e. The van der Waals surface area contributed by atoms with Gasteiger partial charge in [0.15, 0.2) is 5.96 Å². The minimum absolute atomic E-state index is 0. The van der Waals surface area contributed by atoms with E-state index in [0.29, 0.717) is 13.2 Å². The summed E-state index contributed by atoms with van der Waals surface area (Å²) in [5.41, 5.74) is 0. The van der Waals surface area contributed by atoms with Crippen LogP contribution in [0.5, 0.6) is 0 Å². The summed E-state index contributed by atoms with van der Waals surface area (Å²) in [6.45, 7) is 7.80. The molecule has 0 spiro atoms. The molecule has 1 atom stereocenters. The molecule has 1 aliphatic rings. The van der Waals surface area contributed by atoms with Crippen LogP contribution in [0, 0.1) is 12.8 Å². The number of likely N-dealkylation sites (tertiary alicyclic amines) is 1. The van der Waals surface area contributed by atoms with Crippen molar-refractivity contribution >= 4 is 35.9 Å². The number of guanidine groups is 1. The van der Waals surface area contributed by atoms with Gasteiger partial charge in [0.1, 0.15) is 5.82 Å². The van der Waals surface area contributed by atoms with Crippen molar-refractivity contribution < 1.29 is 9.53 Å². The fourth-order valence-electron chi connectivity index (χ4n) is 3.20. The van der Waals surface area contributed by atoms with E-state index in [1.54, 1.807) is 7.05 Å². The summed E-state index contributed by atoms with van der Waals surface area (Å²) in [4.78, 5) is 22.8. The third-order valence-corrected chi connectivity index (χ3v) is 4.59. The van der Waals surface area contributed by atoms with Crippen molar-refractivity contribution in [3.05, 3.63) is 18.2 Å². The van der Waals surface area contributed by atoms with Gasteiger partial charge in [-0.25, -0.2) is 4.98 Å². The second-order valence-electron chi connectivity index (χ2n) is 6.39. The molecule has 0 amide bonds. The predicted molar refractivity (Wildman–Crippen MR) is 114 cm³/mol. The molecule has 0 aromatic carbocycles. The fourth-order valence-corrected chi connectivity index (χ4v) is 3.20. The molecule has 7 nitrogen and oxygen atoms in total. The first kappa shape index (κ1) is 22.7. The molecule has 1 unspecified atom stereocenters. The third-order valence-electron chi connectivity index (χ3n) is 4.59. The molecule has 148 valence electrons. The number of nitrogens with zero attached hydrogens (tertiary/aromatic N) is 4. The van der Waals surface area contributed by atoms with Gasteiger partial charge in [0.2, 0.25) is 0 Å². The molecule has 8 heteroatoms. The molecule has 1 aliphatic heterocycles. The van der Waals surface area contributed by atoms with E-state index in [4.69, 9.17) is 4.74 Å². The maximum absolute atomic E-state index is 12.0. The van der Waals surface area contributed by atoms with E-state index in [1.807, 2.05) is 26.2 Å². The van der Waals surface area contributed by atoms with Gasteiger partial charge in [0, 0.05) is 45.6 Å². The molecule has 1 saturated heterocycles. The number of carbonyl (C=O) groups is 1. The topological polar surface area (TPSA) is 71.8 Å². The average Bonchev–Trinajstić information content (AvgIpc) is 3.03. The van der Waals surface area contributed by atoms with E-state index in [9.17, 15) is 4.79 Å². The second-order valence-corrected chi connectivity index (χ2v) is 6.39. The number of piperidine rings is 1. The van der Waals surface area contributed by atoms with E-state index in [1.165, 1.54) is 0 Å². The first-order chi connectivity index (χ1) is 12.2. The van der Waals surface area contributed by atoms with E-state index >= 15 is 0 Å². The van der Waals surface area contributed by atoms with Crippen molar-refractivity contribution in [1.82, 2.24) is 19.8 Å². The van der Waals surface area contributed by atoms with Crippen molar-refractivity contribution in [3.8, 4) is 0 Å². The highest BCUT2D eigenvalue weighted by atomic mass is 127. The van der Waals surface area contributed by atoms with Crippen LogP contribution in [0.15, 0.2) is 17.4 Å². The molecular formula is C18H32IN5O2. The quantitative estimate of drug-likeness (QED) is 0.215. The lowest BCUT2D eigenvalue weighted by Crippen LogP contribution is -2.48. The zero-order valence-corrected chi connectivity index (χ0v) is 18.4. The highest BCUT2D eigenvalue weighted by Gasteiger charge is 2.28. The number of rotatable bonds is 7. The normalized spacial score (nSPS) is 17.6. The number of hydrogen-bond acceptors (Lipinski definition) is 4. The summed E-state index contributed by atoms with van der Waals surface area (Å²) in [7, 11) is 1.80. The van der Waals surface area contributed by atoms with Gasteiger partial charge in [-0.2, -0.15) is 0 Å². The number of halogens is 1. The Balaban J connectivity index is 0.00000338. The maximum atomic E-state index is 12.0. The van der Waals surface area contributed by atoms with Crippen LogP contribution in [-0.2, 0) is 16.1 Å². The lowest BCUT2D eigenvalue weighted by molar-refractivity contribution is -0.149. The SMILES string of the molecule is CCOC(=O)C1CCCN(C(=NC)NCCCCn2ccnc2C)C1.I. The molecular weight excluding hydrogens is 445 g/mol. The van der Waals surface area contributed by atoms with Crippen molar-refractivity contribution in [3.63, 3.8) is 0 Å². The molecule has 1 fully saturated rings. The van der Waals surface area contributed by atoms with Crippen LogP contribution in [0.25, 0.3) is 0 Å². The smallest absolute Gasteiger partial charge is 0.310 e. The van der Waals surface area contributed by atoms with Crippen LogP contribution in [0.4, 0.5) is 0 Å². The largest absolute Gasteiger partial charge is 0.466 e. The standard InChI is InChI=1S/C18H31N5O2.HI/c1-4-25-17(24)16-8-7-12-23(14-16)18(19-3)21-9-5-6-11-22-13-10-20-15(22)2;/h10,13,16H,4-9,11-12,14H2,1-3H3,(H,19,21);1H. The summed E-state index contributed by atoms with van der Waals surface area (Å²) in [5.74, 6) is 1.81. The summed E-state index contributed by atoms with van der Waals surface area (Å²) in [6, 6.07) is 0. The molecule has 0 radical (unpaired) electrons. The number of nitrogens with one attached hydrogen (secondary N) is 1. The van der Waals surface area contributed by atoms with Crippen LogP contribution in [0.1, 0.15) is 38.4 Å². The summed E-state index contributed by atoms with van der Waals surface area (Å²) in [5, 5.41) is 3.42. The number of aryl methyl sites for hydroxylation is 2. The van der Waals surface area contributed by atoms with E-state index in [-0.39, 0.29) is 35.9 Å². The van der Waals surface area contributed by atoms with Gasteiger partial charge >= 0.3 is 5.97 Å². The highest BCUT2D eigenvalue weighted by molar-refractivity contribution is 14.0. The molecule has 1 aromatic rings. The minimum atomic E-state index is -0.0849. The monoisotopic (exact) mass is 477 g/mol. The van der Waals surface area contributed by atoms with Crippen LogP contribution in [-0.4, -0.2) is 59.7 Å². The number of unbranched alkanes of at least 4 members (excludes halogenated alkanes) is 1. The molecule has 1 N–H and O–H groups in total. The summed E-state index contributed by atoms with van der Waals surface area (Å²) < 4.78 is 7.34. The van der Waals surface area contributed by atoms with Gasteiger partial charge in [-0.3, -0.25) is 9.79 Å². The summed E-state index contributed by atoms with van der Waals surface area (Å²) >= 11 is 0. The zero-order chi connectivity index (χ0) is 18.1. The van der Waals surface area contributed by atoms with Crippen molar-refractivity contribution in [1.29, 1.82) is 0 Å². The van der Waals surface area contributed by atoms with E-state index < -0.39 is 0 Å². The Kier molecular flexibility index (Phi) is 10.6. The molecule has 0 aliphatic carbocycles. The Morgan fingerprint density at radius 3 is 2.92 bits per heavy atom. The van der Waals surface area contributed by atoms with E-state index in [0.717, 1.165) is 57.1 Å². The first-order valence-corrected chi connectivity index (χ1v) is 9.25. The highest BCUT2D eigenvalue weighted by Crippen LogP contribution is 2.18. The number of aliphatic imine (C=N–C) groups is 1. The number of hydrogen-bond donors (Lipinski definition) is 1. The third kappa shape index (κ3) is 6.77. The Morgan fingerprint density at radius 1 is 1.46 bits per heavy atom. The number of aromatic nitrogens is 2. The predicted octanol–water partition coefficient (Wildman–Crippen LogP) is 2.44. The molecule has 26 heavy (non-hydrogen) atoms. The summed E-state index contributed by atoms with van der Waals surface area (Å²) in [6.07, 6.45) is 7.90. The Morgan fingerprint density at radius 2 is 2.27 bits per heavy atom. The van der Waals surface area contributed by atoms with Gasteiger partial charge in [-0.1, -0.05) is 0 Å². The van der Waals surface area contributed by atoms with Gasteiger partial charge in [-0.05, 0) is 39.5 Å². The number of imidazole rings is 1. The van der Waals surface area contributed by atoms with Crippen LogP contribution >= 0.6 is 24.0 Å². The minimum Gasteiger partial charge on any atom is -0.466 e. The molecule has 1 aromatic heterocycles. The number of ether oxygens (including phenoxy) is 1. The van der Waals surface area contributed by atoms with Crippen LogP contribution in [0.3, 0.4) is 0 Å². The van der Waals surface area contributed by atoms with Gasteiger partial charge in [0.25, 0.3) is 0 Å². The Bertz CT molecular complexity index is 576. The molecule has 2 rings (SSSR count). The average molecular weight is 477 g/mol. The lowest BCUT2D eigenvalue weighted by atomic mass is 9.98. The van der Waals surface area contributed by atoms with Crippen LogP contribution in [0.2, 0.25) is 0 Å². The number of esters is 1. The second kappa shape index (κ2) is 12.1. The van der Waals surface area contributed by atoms with Crippen molar-refractivity contribution in [2.75, 3.05) is 33.3 Å². The lowest BCUT2D eigenvalue weighted by Gasteiger charge is -2.34. The fraction of sp³-hybridized carbons (Fsp3) is 0.722. The molecule has 2 heterocycles.